The largest absolute Gasteiger partial charge is 0.309 e. The van der Waals surface area contributed by atoms with Crippen molar-refractivity contribution in [1.29, 1.82) is 0 Å². The molecule has 10 aromatic carbocycles. The van der Waals surface area contributed by atoms with Crippen LogP contribution in [0.3, 0.4) is 0 Å². The Morgan fingerprint density at radius 1 is 0.200 bits per heavy atom. The number of fused-ring (bicyclic) bond motifs is 15. The summed E-state index contributed by atoms with van der Waals surface area (Å²) in [5, 5.41) is 12.5. The number of para-hydroxylation sites is 5. The molecule has 0 unspecified atom stereocenters. The van der Waals surface area contributed by atoms with Crippen molar-refractivity contribution in [2.75, 3.05) is 0 Å². The van der Waals surface area contributed by atoms with Crippen LogP contribution in [0.4, 0.5) is 0 Å². The van der Waals surface area contributed by atoms with Crippen LogP contribution in [-0.2, 0) is 0 Å². The van der Waals surface area contributed by atoms with Crippen LogP contribution < -0.4 is 0 Å². The molecular weight excluding hydrogens is 809 g/mol. The second-order valence-corrected chi connectivity index (χ2v) is 18.4. The van der Waals surface area contributed by atoms with E-state index in [0.29, 0.717) is 0 Å². The fourth-order valence-corrected chi connectivity index (χ4v) is 12.3. The average Bonchev–Trinajstić information content (AvgIpc) is 4.15. The summed E-state index contributed by atoms with van der Waals surface area (Å²) >= 11 is 1.87. The second kappa shape index (κ2) is 13.1. The molecule has 0 fully saturated rings. The van der Waals surface area contributed by atoms with E-state index in [2.05, 4.69) is 237 Å². The van der Waals surface area contributed by atoms with E-state index in [1.54, 1.807) is 0 Å². The van der Waals surface area contributed by atoms with Gasteiger partial charge in [0, 0.05) is 86.0 Å². The van der Waals surface area contributed by atoms with Crippen LogP contribution >= 0.6 is 11.3 Å². The third kappa shape index (κ3) is 4.85. The van der Waals surface area contributed by atoms with Gasteiger partial charge in [-0.05, 0) is 97.1 Å². The molecule has 302 valence electrons. The van der Waals surface area contributed by atoms with Gasteiger partial charge in [0.25, 0.3) is 0 Å². The SMILES string of the molecule is c1ccc(-n2c3ccccc3c3cc4c(cc32)c2cc3c(cc2n4-c2ccccc2)c2ccccc2n3-c2ccc3c4ccccc4n(-c4ccc5c(c4)sc4ccccc45)c3c2)cc1. The molecule has 0 bridgehead atoms. The zero-order valence-corrected chi connectivity index (χ0v) is 35.8. The molecule has 15 aromatic rings. The Morgan fingerprint density at radius 2 is 0.538 bits per heavy atom. The molecule has 0 atom stereocenters. The fourth-order valence-electron chi connectivity index (χ4n) is 11.2. The van der Waals surface area contributed by atoms with Gasteiger partial charge in [-0.3, -0.25) is 0 Å². The molecule has 0 saturated carbocycles. The maximum absolute atomic E-state index is 2.49. The van der Waals surface area contributed by atoms with Gasteiger partial charge in [-0.2, -0.15) is 0 Å². The lowest BCUT2D eigenvalue weighted by Gasteiger charge is -2.12. The van der Waals surface area contributed by atoms with E-state index < -0.39 is 0 Å². The summed E-state index contributed by atoms with van der Waals surface area (Å²) < 4.78 is 12.5. The maximum atomic E-state index is 2.49. The van der Waals surface area contributed by atoms with E-state index in [-0.39, 0.29) is 0 Å². The first-order valence-corrected chi connectivity index (χ1v) is 23.1. The molecule has 65 heavy (non-hydrogen) atoms. The minimum absolute atomic E-state index is 1.13. The van der Waals surface area contributed by atoms with Crippen molar-refractivity contribution < 1.29 is 0 Å². The van der Waals surface area contributed by atoms with Crippen molar-refractivity contribution in [2.45, 2.75) is 0 Å². The highest BCUT2D eigenvalue weighted by Gasteiger charge is 2.22. The van der Waals surface area contributed by atoms with Crippen molar-refractivity contribution in [3.05, 3.63) is 218 Å². The summed E-state index contributed by atoms with van der Waals surface area (Å²) in [7, 11) is 0. The predicted octanol–water partition coefficient (Wildman–Crippen LogP) is 16.4. The number of thiophene rings is 1. The molecule has 0 radical (unpaired) electrons. The molecule has 0 aliphatic rings. The van der Waals surface area contributed by atoms with E-state index in [9.17, 15) is 0 Å². The Bertz CT molecular complexity index is 4460. The Morgan fingerprint density at radius 3 is 1.08 bits per heavy atom. The summed E-state index contributed by atoms with van der Waals surface area (Å²) in [4.78, 5) is 0. The smallest absolute Gasteiger partial charge is 0.0561 e. The van der Waals surface area contributed by atoms with Crippen LogP contribution in [0, 0.1) is 0 Å². The molecular formula is C60H36N4S. The van der Waals surface area contributed by atoms with Gasteiger partial charge < -0.3 is 18.3 Å². The first-order valence-electron chi connectivity index (χ1n) is 22.3. The fraction of sp³-hybridized carbons (Fsp3) is 0. The molecule has 5 heteroatoms. The second-order valence-electron chi connectivity index (χ2n) is 17.3. The van der Waals surface area contributed by atoms with Crippen molar-refractivity contribution in [3.63, 3.8) is 0 Å². The first kappa shape index (κ1) is 35.1. The summed E-state index contributed by atoms with van der Waals surface area (Å²) in [6.07, 6.45) is 0. The molecule has 5 heterocycles. The van der Waals surface area contributed by atoms with Crippen LogP contribution in [0.2, 0.25) is 0 Å². The van der Waals surface area contributed by atoms with Gasteiger partial charge in [0.2, 0.25) is 0 Å². The van der Waals surface area contributed by atoms with E-state index in [1.165, 1.54) is 113 Å². The number of hydrogen-bond acceptors (Lipinski definition) is 1. The Hall–Kier alpha value is -8.38. The summed E-state index contributed by atoms with van der Waals surface area (Å²) in [5.41, 5.74) is 14.2. The maximum Gasteiger partial charge on any atom is 0.0561 e. The summed E-state index contributed by atoms with van der Waals surface area (Å²) in [5.74, 6) is 0. The van der Waals surface area contributed by atoms with Gasteiger partial charge >= 0.3 is 0 Å². The number of aromatic nitrogens is 4. The quantitative estimate of drug-likeness (QED) is 0.168. The van der Waals surface area contributed by atoms with Crippen LogP contribution in [-0.4, -0.2) is 18.3 Å². The van der Waals surface area contributed by atoms with Crippen molar-refractivity contribution in [1.82, 2.24) is 18.3 Å². The minimum Gasteiger partial charge on any atom is -0.309 e. The van der Waals surface area contributed by atoms with Crippen LogP contribution in [0.5, 0.6) is 0 Å². The minimum atomic E-state index is 1.13. The van der Waals surface area contributed by atoms with E-state index in [4.69, 9.17) is 0 Å². The standard InChI is InChI=1S/C60H36N4S/c1-3-15-37(16-4-1)61-52-24-12-8-20-42(52)47-33-57-49(35-55(47)61)50-36-56-48(34-58(50)62(57)38-17-5-2-6-18-38)43-21-9-13-25-53(43)63(56)39-27-29-44-41-19-7-11-23-51(41)64(54(44)31-39)40-28-30-46-45-22-10-14-26-59(45)65-60(46)32-40/h1-36H. The number of rotatable bonds is 4. The van der Waals surface area contributed by atoms with Gasteiger partial charge in [-0.1, -0.05) is 121 Å². The molecule has 0 N–H and O–H groups in total. The van der Waals surface area contributed by atoms with Crippen LogP contribution in [0.25, 0.3) is 130 Å². The zero-order valence-electron chi connectivity index (χ0n) is 35.0. The normalized spacial score (nSPS) is 12.3. The highest BCUT2D eigenvalue weighted by molar-refractivity contribution is 7.25. The van der Waals surface area contributed by atoms with E-state index in [0.717, 1.165) is 17.1 Å². The van der Waals surface area contributed by atoms with Gasteiger partial charge in [-0.15, -0.1) is 11.3 Å². The molecule has 5 aromatic heterocycles. The highest BCUT2D eigenvalue weighted by atomic mass is 32.1. The summed E-state index contributed by atoms with van der Waals surface area (Å²) in [6, 6.07) is 80.8. The molecule has 0 aliphatic heterocycles. The van der Waals surface area contributed by atoms with Crippen molar-refractivity contribution in [3.8, 4) is 22.7 Å². The highest BCUT2D eigenvalue weighted by Crippen LogP contribution is 2.44. The van der Waals surface area contributed by atoms with Crippen molar-refractivity contribution >= 4 is 119 Å². The Labute approximate surface area is 376 Å². The van der Waals surface area contributed by atoms with Crippen molar-refractivity contribution in [2.24, 2.45) is 0 Å². The third-order valence-electron chi connectivity index (χ3n) is 13.9. The molecule has 0 spiro atoms. The van der Waals surface area contributed by atoms with Crippen LogP contribution in [0.1, 0.15) is 0 Å². The lowest BCUT2D eigenvalue weighted by Crippen LogP contribution is -1.97. The summed E-state index contributed by atoms with van der Waals surface area (Å²) in [6.45, 7) is 0. The van der Waals surface area contributed by atoms with E-state index >= 15 is 0 Å². The molecule has 15 rings (SSSR count). The molecule has 0 aliphatic carbocycles. The van der Waals surface area contributed by atoms with Gasteiger partial charge in [-0.25, -0.2) is 0 Å². The molecule has 0 saturated heterocycles. The lowest BCUT2D eigenvalue weighted by atomic mass is 10.1. The third-order valence-corrected chi connectivity index (χ3v) is 15.1. The molecule has 0 amide bonds. The first-order chi connectivity index (χ1) is 32.2. The van der Waals surface area contributed by atoms with Gasteiger partial charge in [0.1, 0.15) is 0 Å². The predicted molar refractivity (Wildman–Crippen MR) is 277 cm³/mol. The number of hydrogen-bond donors (Lipinski definition) is 0. The molecule has 4 nitrogen and oxygen atoms in total. The van der Waals surface area contributed by atoms with Crippen LogP contribution in [0.15, 0.2) is 218 Å². The monoisotopic (exact) mass is 844 g/mol. The van der Waals surface area contributed by atoms with E-state index in [1.807, 2.05) is 11.3 Å². The van der Waals surface area contributed by atoms with Gasteiger partial charge in [0.15, 0.2) is 0 Å². The lowest BCUT2D eigenvalue weighted by molar-refractivity contribution is 1.16. The topological polar surface area (TPSA) is 19.7 Å². The Balaban J connectivity index is 1.03. The Kier molecular flexibility index (Phi) is 7.07. The number of nitrogens with zero attached hydrogens (tertiary/aromatic N) is 4. The number of benzene rings is 10. The zero-order chi connectivity index (χ0) is 42.3. The van der Waals surface area contributed by atoms with Gasteiger partial charge in [0.05, 0.1) is 44.1 Å². The average molecular weight is 845 g/mol.